The molecule has 2 atom stereocenters. The van der Waals surface area contributed by atoms with Gasteiger partial charge in [0.25, 0.3) is 0 Å². The molecule has 0 aliphatic heterocycles. The van der Waals surface area contributed by atoms with Gasteiger partial charge in [-0.2, -0.15) is 12.6 Å². The highest BCUT2D eigenvalue weighted by Crippen LogP contribution is 2.23. The number of rotatable bonds is 7. The van der Waals surface area contributed by atoms with Gasteiger partial charge >= 0.3 is 5.97 Å². The van der Waals surface area contributed by atoms with Crippen LogP contribution in [0.25, 0.3) is 0 Å². The molecule has 2 aliphatic carbocycles. The molecular weight excluding hydrogens is 408 g/mol. The number of benzene rings is 1. The van der Waals surface area contributed by atoms with Gasteiger partial charge in [0.1, 0.15) is 6.04 Å². The van der Waals surface area contributed by atoms with Crippen LogP contribution in [0.1, 0.15) is 78.1 Å². The summed E-state index contributed by atoms with van der Waals surface area (Å²) in [7, 11) is 0. The van der Waals surface area contributed by atoms with Crippen molar-refractivity contribution in [2.75, 3.05) is 10.7 Å². The lowest BCUT2D eigenvalue weighted by atomic mass is 9.91. The van der Waals surface area contributed by atoms with Crippen molar-refractivity contribution < 1.29 is 14.7 Å². The second-order valence-electron chi connectivity index (χ2n) is 8.98. The molecule has 0 saturated heterocycles. The number of hydrogen-bond donors (Lipinski definition) is 3. The summed E-state index contributed by atoms with van der Waals surface area (Å²) in [4.78, 5) is 24.7. The number of carbonyl (C=O) groups excluding carboxylic acids is 1. The quantitative estimate of drug-likeness (QED) is 0.495. The summed E-state index contributed by atoms with van der Waals surface area (Å²) >= 11 is 4.09. The maximum Gasteiger partial charge on any atom is 0.326 e. The molecule has 0 spiro atoms. The Kier molecular flexibility index (Phi) is 11.4. The van der Waals surface area contributed by atoms with E-state index in [0.29, 0.717) is 11.4 Å². The molecule has 5 nitrogen and oxygen atoms in total. The molecule has 2 N–H and O–H groups in total. The summed E-state index contributed by atoms with van der Waals surface area (Å²) < 4.78 is 0. The van der Waals surface area contributed by atoms with E-state index < -0.39 is 12.0 Å². The molecule has 2 saturated carbocycles. The number of carboxylic acids is 1. The topological polar surface area (TPSA) is 69.6 Å². The van der Waals surface area contributed by atoms with E-state index in [4.69, 9.17) is 5.11 Å². The minimum atomic E-state index is -1.03. The van der Waals surface area contributed by atoms with Crippen molar-refractivity contribution in [3.63, 3.8) is 0 Å². The molecule has 2 fully saturated rings. The fraction of sp³-hybridized carbons (Fsp3) is 0.680. The first-order chi connectivity index (χ1) is 14.9. The lowest BCUT2D eigenvalue weighted by Crippen LogP contribution is -2.46. The molecule has 2 unspecified atom stereocenters. The predicted molar refractivity (Wildman–Crippen MR) is 131 cm³/mol. The third kappa shape index (κ3) is 8.49. The molecule has 0 radical (unpaired) electrons. The Morgan fingerprint density at radius 3 is 1.87 bits per heavy atom. The van der Waals surface area contributed by atoms with Crippen molar-refractivity contribution in [2.24, 2.45) is 5.92 Å². The second kappa shape index (κ2) is 13.8. The molecule has 3 rings (SSSR count). The van der Waals surface area contributed by atoms with Gasteiger partial charge in [-0.3, -0.25) is 9.69 Å². The molecule has 0 aromatic heterocycles. The Morgan fingerprint density at radius 1 is 0.968 bits per heavy atom. The fourth-order valence-electron chi connectivity index (χ4n) is 4.43. The fourth-order valence-corrected chi connectivity index (χ4v) is 4.58. The second-order valence-corrected chi connectivity index (χ2v) is 9.34. The first-order valence-electron chi connectivity index (χ1n) is 11.9. The molecule has 174 valence electrons. The van der Waals surface area contributed by atoms with Crippen LogP contribution in [0.15, 0.2) is 30.3 Å². The average Bonchev–Trinajstić information content (AvgIpc) is 2.81. The largest absolute Gasteiger partial charge is 0.480 e. The van der Waals surface area contributed by atoms with E-state index in [1.54, 1.807) is 31.2 Å². The molecule has 6 heteroatoms. The third-order valence-corrected chi connectivity index (χ3v) is 6.94. The van der Waals surface area contributed by atoms with Crippen molar-refractivity contribution >= 4 is 30.2 Å². The molecule has 0 bridgehead atoms. The highest BCUT2D eigenvalue weighted by molar-refractivity contribution is 7.80. The third-order valence-electron chi connectivity index (χ3n) is 6.39. The monoisotopic (exact) mass is 448 g/mol. The van der Waals surface area contributed by atoms with Crippen LogP contribution in [0.3, 0.4) is 0 Å². The van der Waals surface area contributed by atoms with Gasteiger partial charge in [-0.1, -0.05) is 63.6 Å². The maximum atomic E-state index is 12.2. The molecule has 31 heavy (non-hydrogen) atoms. The van der Waals surface area contributed by atoms with Gasteiger partial charge in [0.2, 0.25) is 5.91 Å². The highest BCUT2D eigenvalue weighted by atomic mass is 32.1. The number of carboxylic acid groups (broad SMARTS) is 1. The van der Waals surface area contributed by atoms with Crippen LogP contribution in [0, 0.1) is 5.92 Å². The zero-order valence-electron chi connectivity index (χ0n) is 19.1. The number of thiol groups is 1. The van der Waals surface area contributed by atoms with Crippen LogP contribution in [-0.2, 0) is 9.59 Å². The molecule has 1 aromatic carbocycles. The van der Waals surface area contributed by atoms with Gasteiger partial charge in [-0.25, -0.2) is 4.79 Å². The van der Waals surface area contributed by atoms with Crippen molar-refractivity contribution in [2.45, 2.75) is 96.2 Å². The highest BCUT2D eigenvalue weighted by Gasteiger charge is 2.29. The molecule has 1 aromatic rings. The SMILES string of the molecule is C1CCC(NC2CCCCC2)CC1.CC(CS)C(=O)N(c1ccccc1)C(C)C(=O)O. The van der Waals surface area contributed by atoms with Crippen molar-refractivity contribution in [1.29, 1.82) is 0 Å². The van der Waals surface area contributed by atoms with E-state index in [1.165, 1.54) is 76.0 Å². The van der Waals surface area contributed by atoms with E-state index in [-0.39, 0.29) is 11.8 Å². The predicted octanol–water partition coefficient (Wildman–Crippen LogP) is 5.30. The van der Waals surface area contributed by atoms with Crippen LogP contribution < -0.4 is 10.2 Å². The Balaban J connectivity index is 0.000000231. The van der Waals surface area contributed by atoms with E-state index in [1.807, 2.05) is 6.07 Å². The Labute approximate surface area is 193 Å². The Hall–Kier alpha value is -1.53. The number of hydrogen-bond acceptors (Lipinski definition) is 4. The Bertz CT molecular complexity index is 642. The summed E-state index contributed by atoms with van der Waals surface area (Å²) in [6, 6.07) is 9.66. The van der Waals surface area contributed by atoms with Crippen LogP contribution >= 0.6 is 12.6 Å². The minimum absolute atomic E-state index is 0.230. The number of nitrogens with zero attached hydrogens (tertiary/aromatic N) is 1. The zero-order valence-corrected chi connectivity index (χ0v) is 20.0. The number of nitrogens with one attached hydrogen (secondary N) is 1. The first kappa shape index (κ1) is 25.7. The smallest absolute Gasteiger partial charge is 0.326 e. The lowest BCUT2D eigenvalue weighted by molar-refractivity contribution is -0.140. The first-order valence-corrected chi connectivity index (χ1v) is 12.5. The van der Waals surface area contributed by atoms with Gasteiger partial charge in [0, 0.05) is 29.4 Å². The summed E-state index contributed by atoms with van der Waals surface area (Å²) in [5.41, 5.74) is 0.589. The summed E-state index contributed by atoms with van der Waals surface area (Å²) in [6.45, 7) is 3.23. The van der Waals surface area contributed by atoms with Crippen LogP contribution in [0.4, 0.5) is 5.69 Å². The van der Waals surface area contributed by atoms with Crippen LogP contribution in [0.5, 0.6) is 0 Å². The standard InChI is InChI=1S/C13H17NO3S.C12H23N/c1-9(8-18)12(15)14(10(2)13(16)17)11-6-4-3-5-7-11;1-3-7-11(8-4-1)13-12-9-5-2-6-10-12/h3-7,9-10,18H,8H2,1-2H3,(H,16,17);11-13H,1-10H2. The maximum absolute atomic E-state index is 12.2. The van der Waals surface area contributed by atoms with Crippen molar-refractivity contribution in [3.8, 4) is 0 Å². The summed E-state index contributed by atoms with van der Waals surface area (Å²) in [5.74, 6) is -1.20. The van der Waals surface area contributed by atoms with Gasteiger partial charge in [-0.15, -0.1) is 0 Å². The van der Waals surface area contributed by atoms with Gasteiger partial charge in [-0.05, 0) is 44.7 Å². The Morgan fingerprint density at radius 2 is 1.45 bits per heavy atom. The van der Waals surface area contributed by atoms with E-state index >= 15 is 0 Å². The van der Waals surface area contributed by atoms with Crippen LogP contribution in [0.2, 0.25) is 0 Å². The van der Waals surface area contributed by atoms with Gasteiger partial charge in [0.15, 0.2) is 0 Å². The minimum Gasteiger partial charge on any atom is -0.480 e. The molecule has 2 aliphatic rings. The number of amides is 1. The van der Waals surface area contributed by atoms with Gasteiger partial charge < -0.3 is 10.4 Å². The van der Waals surface area contributed by atoms with Crippen LogP contribution in [-0.4, -0.2) is 40.9 Å². The molecule has 1 amide bonds. The zero-order chi connectivity index (χ0) is 22.6. The van der Waals surface area contributed by atoms with E-state index in [9.17, 15) is 9.59 Å². The number of aliphatic carboxylic acids is 1. The van der Waals surface area contributed by atoms with Crippen molar-refractivity contribution in [3.05, 3.63) is 30.3 Å². The van der Waals surface area contributed by atoms with E-state index in [2.05, 4.69) is 17.9 Å². The normalized spacial score (nSPS) is 19.6. The average molecular weight is 449 g/mol. The van der Waals surface area contributed by atoms with Crippen molar-refractivity contribution in [1.82, 2.24) is 5.32 Å². The number of para-hydroxylation sites is 1. The number of carbonyl (C=O) groups is 2. The van der Waals surface area contributed by atoms with E-state index in [0.717, 1.165) is 12.1 Å². The number of anilines is 1. The summed E-state index contributed by atoms with van der Waals surface area (Å²) in [5, 5.41) is 13.0. The molecular formula is C25H40N2O3S. The summed E-state index contributed by atoms with van der Waals surface area (Å²) in [6.07, 6.45) is 14.6. The molecule has 0 heterocycles. The lowest BCUT2D eigenvalue weighted by Gasteiger charge is -2.30. The van der Waals surface area contributed by atoms with Gasteiger partial charge in [0.05, 0.1) is 0 Å².